The van der Waals surface area contributed by atoms with Gasteiger partial charge in [-0.05, 0) is 101 Å². The number of phenols is 2. The Labute approximate surface area is 290 Å². The summed E-state index contributed by atoms with van der Waals surface area (Å²) in [7, 11) is 2.01. The Morgan fingerprint density at radius 3 is 2.16 bits per heavy atom. The lowest BCUT2D eigenvalue weighted by molar-refractivity contribution is -0.136. The molecule has 0 aromatic heterocycles. The third-order valence-electron chi connectivity index (χ3n) is 8.94. The third-order valence-corrected chi connectivity index (χ3v) is 9.13. The van der Waals surface area contributed by atoms with Crippen molar-refractivity contribution >= 4 is 40.5 Å². The molecule has 1 atom stereocenters. The van der Waals surface area contributed by atoms with E-state index in [9.17, 15) is 24.6 Å². The first-order valence-electron chi connectivity index (χ1n) is 16.3. The molecule has 2 aliphatic rings. The Hall–Kier alpha value is -5.12. The minimum absolute atomic E-state index is 0.176. The van der Waals surface area contributed by atoms with E-state index in [1.54, 1.807) is 29.2 Å². The number of likely N-dealkylation sites (N-methyl/N-ethyl adjacent to an activating group) is 1. The fourth-order valence-electron chi connectivity index (χ4n) is 6.47. The van der Waals surface area contributed by atoms with Gasteiger partial charge in [0, 0.05) is 37.5 Å². The molecule has 1 saturated heterocycles. The van der Waals surface area contributed by atoms with Crippen molar-refractivity contribution in [1.82, 2.24) is 15.1 Å². The first-order chi connectivity index (χ1) is 23.7. The molecule has 6 rings (SSSR count). The molecule has 4 aromatic rings. The van der Waals surface area contributed by atoms with Crippen LogP contribution in [0.5, 0.6) is 17.2 Å². The molecule has 252 valence electrons. The summed E-state index contributed by atoms with van der Waals surface area (Å²) in [4.78, 5) is 40.7. The average Bonchev–Trinajstić information content (AvgIpc) is 3.41. The van der Waals surface area contributed by atoms with Crippen LogP contribution >= 0.6 is 11.6 Å². The number of carbonyl (C=O) groups is 3. The fraction of sp³-hybridized carbons (Fsp3) is 0.256. The Bertz CT molecular complexity index is 1870. The van der Waals surface area contributed by atoms with Gasteiger partial charge >= 0.3 is 0 Å². The molecule has 1 unspecified atom stereocenters. The molecule has 0 radical (unpaired) electrons. The van der Waals surface area contributed by atoms with Crippen molar-refractivity contribution < 1.29 is 29.3 Å². The normalized spacial score (nSPS) is 16.4. The number of nitrogens with one attached hydrogen (secondary N) is 1. The standard InChI is InChI=1S/C39H38ClN3O6/c1-42(23-25-2-15-34-29(22-25)24-43(39(34)48)35-16-17-36(46)41-38(35)47)20-21-49-32-13-7-28(8-14-32)37(27-5-11-31(45)12-6-27)33(18-19-40)26-3-9-30(44)10-4-26/h2-15,22,35,44-45H,16-21,23-24H2,1H3,(H,41,46,47). The number of halogens is 1. The predicted molar refractivity (Wildman–Crippen MR) is 188 cm³/mol. The van der Waals surface area contributed by atoms with Gasteiger partial charge in [0.1, 0.15) is 29.9 Å². The SMILES string of the molecule is CN(CCOc1ccc(C(=C(CCCl)c2ccc(O)cc2)c2ccc(O)cc2)cc1)Cc1ccc2c(c1)CN(C1CCC(=O)NC1=O)C2=O. The van der Waals surface area contributed by atoms with Crippen LogP contribution in [0.2, 0.25) is 0 Å². The second-order valence-corrected chi connectivity index (χ2v) is 12.8. The summed E-state index contributed by atoms with van der Waals surface area (Å²) in [6, 6.07) is 27.2. The van der Waals surface area contributed by atoms with Crippen LogP contribution in [0.3, 0.4) is 0 Å². The number of hydrogen-bond acceptors (Lipinski definition) is 7. The highest BCUT2D eigenvalue weighted by atomic mass is 35.5. The molecule has 10 heteroatoms. The van der Waals surface area contributed by atoms with Crippen LogP contribution in [0, 0.1) is 0 Å². The number of nitrogens with zero attached hydrogens (tertiary/aromatic N) is 2. The number of amides is 3. The van der Waals surface area contributed by atoms with Crippen molar-refractivity contribution in [1.29, 1.82) is 0 Å². The third kappa shape index (κ3) is 7.80. The van der Waals surface area contributed by atoms with Crippen molar-refractivity contribution in [2.45, 2.75) is 38.4 Å². The highest BCUT2D eigenvalue weighted by Gasteiger charge is 2.39. The molecule has 3 N–H and O–H groups in total. The van der Waals surface area contributed by atoms with E-state index in [0.717, 1.165) is 44.7 Å². The number of aromatic hydroxyl groups is 2. The maximum absolute atomic E-state index is 13.0. The minimum Gasteiger partial charge on any atom is -0.508 e. The molecule has 1 fully saturated rings. The first kappa shape index (κ1) is 33.8. The van der Waals surface area contributed by atoms with Crippen molar-refractivity contribution in [3.63, 3.8) is 0 Å². The van der Waals surface area contributed by atoms with Crippen LogP contribution < -0.4 is 10.1 Å². The Morgan fingerprint density at radius 2 is 1.53 bits per heavy atom. The van der Waals surface area contributed by atoms with Crippen molar-refractivity contribution in [2.24, 2.45) is 0 Å². The maximum Gasteiger partial charge on any atom is 0.255 e. The smallest absolute Gasteiger partial charge is 0.255 e. The van der Waals surface area contributed by atoms with E-state index in [2.05, 4.69) is 10.2 Å². The van der Waals surface area contributed by atoms with Crippen LogP contribution in [0.4, 0.5) is 0 Å². The van der Waals surface area contributed by atoms with Crippen molar-refractivity contribution in [2.75, 3.05) is 26.1 Å². The van der Waals surface area contributed by atoms with Gasteiger partial charge < -0.3 is 19.8 Å². The van der Waals surface area contributed by atoms with Gasteiger partial charge in [-0.15, -0.1) is 11.6 Å². The topological polar surface area (TPSA) is 119 Å². The zero-order valence-corrected chi connectivity index (χ0v) is 28.0. The number of benzene rings is 4. The molecular formula is C39H38ClN3O6. The summed E-state index contributed by atoms with van der Waals surface area (Å²) in [5, 5.41) is 22.1. The van der Waals surface area contributed by atoms with Crippen molar-refractivity contribution in [3.05, 3.63) is 124 Å². The summed E-state index contributed by atoms with van der Waals surface area (Å²) in [5.74, 6) is 0.633. The number of phenolic OH excluding ortho intramolecular Hbond substituents is 2. The van der Waals surface area contributed by atoms with Crippen LogP contribution in [0.1, 0.15) is 57.4 Å². The van der Waals surface area contributed by atoms with Gasteiger partial charge in [-0.2, -0.15) is 0 Å². The van der Waals surface area contributed by atoms with Crippen LogP contribution in [0.25, 0.3) is 11.1 Å². The summed E-state index contributed by atoms with van der Waals surface area (Å²) in [5.41, 5.74) is 7.39. The van der Waals surface area contributed by atoms with Gasteiger partial charge in [0.05, 0.1) is 0 Å². The van der Waals surface area contributed by atoms with Gasteiger partial charge in [-0.1, -0.05) is 48.5 Å². The van der Waals surface area contributed by atoms with Crippen LogP contribution in [-0.4, -0.2) is 69.9 Å². The summed E-state index contributed by atoms with van der Waals surface area (Å²) >= 11 is 6.27. The number of allylic oxidation sites excluding steroid dienone is 1. The van der Waals surface area contributed by atoms with E-state index in [0.29, 0.717) is 50.5 Å². The zero-order valence-electron chi connectivity index (χ0n) is 27.2. The molecule has 0 spiro atoms. The second-order valence-electron chi connectivity index (χ2n) is 12.4. The van der Waals surface area contributed by atoms with E-state index in [-0.39, 0.29) is 29.7 Å². The fourth-order valence-corrected chi connectivity index (χ4v) is 6.66. The lowest BCUT2D eigenvalue weighted by atomic mass is 9.88. The van der Waals surface area contributed by atoms with Crippen LogP contribution in [0.15, 0.2) is 91.0 Å². The van der Waals surface area contributed by atoms with E-state index < -0.39 is 11.9 Å². The molecule has 3 amide bonds. The second kappa shape index (κ2) is 15.0. The zero-order chi connectivity index (χ0) is 34.5. The molecule has 4 aromatic carbocycles. The average molecular weight is 680 g/mol. The summed E-state index contributed by atoms with van der Waals surface area (Å²) in [6.07, 6.45) is 1.17. The van der Waals surface area contributed by atoms with E-state index in [1.165, 1.54) is 0 Å². The number of alkyl halides is 1. The highest BCUT2D eigenvalue weighted by Crippen LogP contribution is 2.36. The summed E-state index contributed by atoms with van der Waals surface area (Å²) < 4.78 is 6.11. The molecule has 2 aliphatic heterocycles. The number of ether oxygens (including phenoxy) is 1. The van der Waals surface area contributed by atoms with Gasteiger partial charge in [0.15, 0.2) is 0 Å². The lowest BCUT2D eigenvalue weighted by Gasteiger charge is -2.29. The molecule has 0 bridgehead atoms. The number of carbonyl (C=O) groups excluding carboxylic acids is 3. The van der Waals surface area contributed by atoms with E-state index in [1.807, 2.05) is 73.8 Å². The lowest BCUT2D eigenvalue weighted by Crippen LogP contribution is -2.52. The van der Waals surface area contributed by atoms with Gasteiger partial charge in [-0.3, -0.25) is 24.6 Å². The monoisotopic (exact) mass is 679 g/mol. The molecule has 0 saturated carbocycles. The number of hydrogen-bond donors (Lipinski definition) is 3. The number of fused-ring (bicyclic) bond motifs is 1. The van der Waals surface area contributed by atoms with Gasteiger partial charge in [-0.25, -0.2) is 0 Å². The Morgan fingerprint density at radius 1 is 0.898 bits per heavy atom. The van der Waals surface area contributed by atoms with Crippen molar-refractivity contribution in [3.8, 4) is 17.2 Å². The largest absolute Gasteiger partial charge is 0.508 e. The number of rotatable bonds is 12. The molecule has 0 aliphatic carbocycles. The Kier molecular flexibility index (Phi) is 10.3. The van der Waals surface area contributed by atoms with Crippen LogP contribution in [-0.2, 0) is 22.7 Å². The minimum atomic E-state index is -0.627. The molecule has 2 heterocycles. The number of piperidine rings is 1. The molecular weight excluding hydrogens is 642 g/mol. The number of imide groups is 1. The van der Waals surface area contributed by atoms with Gasteiger partial charge in [0.25, 0.3) is 5.91 Å². The van der Waals surface area contributed by atoms with Gasteiger partial charge in [0.2, 0.25) is 11.8 Å². The van der Waals surface area contributed by atoms with E-state index in [4.69, 9.17) is 16.3 Å². The van der Waals surface area contributed by atoms with E-state index >= 15 is 0 Å². The highest BCUT2D eigenvalue weighted by molar-refractivity contribution is 6.18. The summed E-state index contributed by atoms with van der Waals surface area (Å²) in [6.45, 7) is 2.14. The maximum atomic E-state index is 13.0. The quantitative estimate of drug-likeness (QED) is 0.0961. The Balaban J connectivity index is 1.09. The molecule has 9 nitrogen and oxygen atoms in total. The predicted octanol–water partition coefficient (Wildman–Crippen LogP) is 5.96. The molecule has 49 heavy (non-hydrogen) atoms. The first-order valence-corrected chi connectivity index (χ1v) is 16.8.